The van der Waals surface area contributed by atoms with Crippen molar-refractivity contribution in [3.8, 4) is 0 Å². The van der Waals surface area contributed by atoms with Crippen LogP contribution in [-0.2, 0) is 9.53 Å². The van der Waals surface area contributed by atoms with Crippen LogP contribution < -0.4 is 5.32 Å². The number of piperidine rings is 1. The van der Waals surface area contributed by atoms with Crippen molar-refractivity contribution < 1.29 is 9.53 Å². The van der Waals surface area contributed by atoms with Crippen LogP contribution in [0.2, 0.25) is 0 Å². The minimum absolute atomic E-state index is 0.0384. The van der Waals surface area contributed by atoms with Crippen molar-refractivity contribution in [1.82, 2.24) is 15.2 Å². The first kappa shape index (κ1) is 17.6. The standard InChI is InChI=1S/C18H27N3O2S/c1-15-20-16(13-24-15)5-6-17(22)19-14-18(7-11-23-12-8-18)21-9-3-2-4-10-21/h5-6,13H,2-4,7-12,14H2,1H3,(H,19,22). The SMILES string of the molecule is Cc1nc(C=CC(=O)NCC2(N3CCCCC3)CCOCC2)cs1. The van der Waals surface area contributed by atoms with E-state index in [1.807, 2.05) is 12.3 Å². The molecule has 0 aliphatic carbocycles. The number of nitrogens with one attached hydrogen (secondary N) is 1. The summed E-state index contributed by atoms with van der Waals surface area (Å²) in [5, 5.41) is 6.10. The number of amides is 1. The molecule has 24 heavy (non-hydrogen) atoms. The van der Waals surface area contributed by atoms with Crippen molar-refractivity contribution in [3.63, 3.8) is 0 Å². The second-order valence-corrected chi connectivity index (χ2v) is 7.79. The van der Waals surface area contributed by atoms with E-state index in [2.05, 4.69) is 15.2 Å². The van der Waals surface area contributed by atoms with E-state index < -0.39 is 0 Å². The zero-order chi connectivity index (χ0) is 16.8. The lowest BCUT2D eigenvalue weighted by molar-refractivity contribution is -0.118. The maximum absolute atomic E-state index is 12.2. The second-order valence-electron chi connectivity index (χ2n) is 6.73. The highest BCUT2D eigenvalue weighted by Crippen LogP contribution is 2.30. The van der Waals surface area contributed by atoms with Crippen molar-refractivity contribution in [3.05, 3.63) is 22.2 Å². The van der Waals surface area contributed by atoms with Gasteiger partial charge in [-0.2, -0.15) is 0 Å². The molecule has 0 aromatic carbocycles. The monoisotopic (exact) mass is 349 g/mol. The molecule has 0 unspecified atom stereocenters. The van der Waals surface area contributed by atoms with Gasteiger partial charge < -0.3 is 10.1 Å². The molecule has 0 saturated carbocycles. The van der Waals surface area contributed by atoms with Crippen LogP contribution >= 0.6 is 11.3 Å². The molecule has 3 heterocycles. The fraction of sp³-hybridized carbons (Fsp3) is 0.667. The second kappa shape index (κ2) is 8.23. The minimum atomic E-state index is -0.0384. The van der Waals surface area contributed by atoms with Gasteiger partial charge in [-0.25, -0.2) is 4.98 Å². The summed E-state index contributed by atoms with van der Waals surface area (Å²) in [6, 6.07) is 0. The number of carbonyl (C=O) groups is 1. The molecule has 0 atom stereocenters. The molecule has 1 N–H and O–H groups in total. The third-order valence-electron chi connectivity index (χ3n) is 5.08. The van der Waals surface area contributed by atoms with Gasteiger partial charge in [0.25, 0.3) is 0 Å². The van der Waals surface area contributed by atoms with Gasteiger partial charge in [-0.05, 0) is 51.8 Å². The Morgan fingerprint density at radius 2 is 2.12 bits per heavy atom. The van der Waals surface area contributed by atoms with E-state index in [0.717, 1.165) is 49.8 Å². The van der Waals surface area contributed by atoms with Crippen molar-refractivity contribution in [2.45, 2.75) is 44.6 Å². The summed E-state index contributed by atoms with van der Waals surface area (Å²) >= 11 is 1.60. The van der Waals surface area contributed by atoms with Crippen molar-refractivity contribution >= 4 is 23.3 Å². The van der Waals surface area contributed by atoms with Crippen LogP contribution in [0.15, 0.2) is 11.5 Å². The lowest BCUT2D eigenvalue weighted by atomic mass is 9.86. The van der Waals surface area contributed by atoms with E-state index in [-0.39, 0.29) is 11.4 Å². The van der Waals surface area contributed by atoms with Gasteiger partial charge in [0.1, 0.15) is 0 Å². The van der Waals surface area contributed by atoms with Crippen molar-refractivity contribution in [2.24, 2.45) is 0 Å². The van der Waals surface area contributed by atoms with Gasteiger partial charge >= 0.3 is 0 Å². The third-order valence-corrected chi connectivity index (χ3v) is 5.88. The molecule has 1 aromatic heterocycles. The van der Waals surface area contributed by atoms with Crippen LogP contribution in [0.25, 0.3) is 6.08 Å². The summed E-state index contributed by atoms with van der Waals surface area (Å²) in [5.41, 5.74) is 0.920. The molecular weight excluding hydrogens is 322 g/mol. The van der Waals surface area contributed by atoms with Crippen LogP contribution in [0.1, 0.15) is 42.8 Å². The first-order valence-corrected chi connectivity index (χ1v) is 9.77. The van der Waals surface area contributed by atoms with Crippen LogP contribution in [0.3, 0.4) is 0 Å². The first-order valence-electron chi connectivity index (χ1n) is 8.89. The Labute approximate surface area is 148 Å². The van der Waals surface area contributed by atoms with E-state index in [1.54, 1.807) is 23.5 Å². The highest BCUT2D eigenvalue weighted by Gasteiger charge is 2.38. The number of carbonyl (C=O) groups excluding carboxylic acids is 1. The Balaban J connectivity index is 1.58. The predicted octanol–water partition coefficient (Wildman–Crippen LogP) is 2.62. The molecule has 0 spiro atoms. The summed E-state index contributed by atoms with van der Waals surface area (Å²) in [4.78, 5) is 19.2. The van der Waals surface area contributed by atoms with Gasteiger partial charge in [0.05, 0.1) is 10.7 Å². The maximum atomic E-state index is 12.2. The Bertz CT molecular complexity index is 573. The summed E-state index contributed by atoms with van der Waals surface area (Å²) in [6.45, 7) is 6.54. The largest absolute Gasteiger partial charge is 0.381 e. The average Bonchev–Trinajstić information content (AvgIpc) is 3.05. The molecule has 0 radical (unpaired) electrons. The van der Waals surface area contributed by atoms with E-state index in [0.29, 0.717) is 6.54 Å². The Kier molecular flexibility index (Phi) is 6.03. The number of aryl methyl sites for hydroxylation is 1. The average molecular weight is 350 g/mol. The van der Waals surface area contributed by atoms with Crippen LogP contribution in [0, 0.1) is 6.92 Å². The predicted molar refractivity (Wildman–Crippen MR) is 97.1 cm³/mol. The molecule has 132 valence electrons. The smallest absolute Gasteiger partial charge is 0.244 e. The van der Waals surface area contributed by atoms with Gasteiger partial charge in [0.15, 0.2) is 0 Å². The molecule has 2 aliphatic rings. The molecule has 2 aliphatic heterocycles. The van der Waals surface area contributed by atoms with Crippen LogP contribution in [0.5, 0.6) is 0 Å². The van der Waals surface area contributed by atoms with E-state index in [1.165, 1.54) is 19.3 Å². The van der Waals surface area contributed by atoms with Gasteiger partial charge in [0, 0.05) is 36.8 Å². The van der Waals surface area contributed by atoms with Crippen LogP contribution in [-0.4, -0.2) is 54.2 Å². The molecular formula is C18H27N3O2S. The van der Waals surface area contributed by atoms with Crippen molar-refractivity contribution in [2.75, 3.05) is 32.8 Å². The zero-order valence-electron chi connectivity index (χ0n) is 14.4. The van der Waals surface area contributed by atoms with Gasteiger partial charge in [0.2, 0.25) is 5.91 Å². The quantitative estimate of drug-likeness (QED) is 0.830. The third kappa shape index (κ3) is 4.43. The fourth-order valence-electron chi connectivity index (χ4n) is 3.65. The number of likely N-dealkylation sites (tertiary alicyclic amines) is 1. The number of hydrogen-bond acceptors (Lipinski definition) is 5. The lowest BCUT2D eigenvalue weighted by Gasteiger charge is -2.48. The molecule has 2 saturated heterocycles. The highest BCUT2D eigenvalue weighted by molar-refractivity contribution is 7.09. The number of thiazole rings is 1. The van der Waals surface area contributed by atoms with Gasteiger partial charge in [-0.15, -0.1) is 11.3 Å². The number of hydrogen-bond donors (Lipinski definition) is 1. The molecule has 5 nitrogen and oxygen atoms in total. The van der Waals surface area contributed by atoms with Crippen molar-refractivity contribution in [1.29, 1.82) is 0 Å². The number of ether oxygens (including phenoxy) is 1. The normalized spacial score (nSPS) is 21.9. The fourth-order valence-corrected chi connectivity index (χ4v) is 4.23. The molecule has 0 bridgehead atoms. The highest BCUT2D eigenvalue weighted by atomic mass is 32.1. The van der Waals surface area contributed by atoms with E-state index in [9.17, 15) is 4.79 Å². The minimum Gasteiger partial charge on any atom is -0.381 e. The number of nitrogens with zero attached hydrogens (tertiary/aromatic N) is 2. The lowest BCUT2D eigenvalue weighted by Crippen LogP contribution is -2.59. The van der Waals surface area contributed by atoms with E-state index in [4.69, 9.17) is 4.74 Å². The summed E-state index contributed by atoms with van der Waals surface area (Å²) in [7, 11) is 0. The summed E-state index contributed by atoms with van der Waals surface area (Å²) in [6.07, 6.45) is 9.24. The summed E-state index contributed by atoms with van der Waals surface area (Å²) in [5.74, 6) is -0.0384. The van der Waals surface area contributed by atoms with Crippen LogP contribution in [0.4, 0.5) is 0 Å². The molecule has 3 rings (SSSR count). The van der Waals surface area contributed by atoms with E-state index >= 15 is 0 Å². The summed E-state index contributed by atoms with van der Waals surface area (Å²) < 4.78 is 5.57. The maximum Gasteiger partial charge on any atom is 0.244 e. The zero-order valence-corrected chi connectivity index (χ0v) is 15.2. The number of aromatic nitrogens is 1. The molecule has 6 heteroatoms. The van der Waals surface area contributed by atoms with Gasteiger partial charge in [-0.1, -0.05) is 6.42 Å². The molecule has 2 fully saturated rings. The first-order chi connectivity index (χ1) is 11.7. The molecule has 1 aromatic rings. The topological polar surface area (TPSA) is 54.5 Å². The Hall–Kier alpha value is -1.24. The number of rotatable bonds is 5. The molecule has 1 amide bonds. The van der Waals surface area contributed by atoms with Gasteiger partial charge in [-0.3, -0.25) is 9.69 Å². The Morgan fingerprint density at radius 1 is 1.38 bits per heavy atom. The Morgan fingerprint density at radius 3 is 2.79 bits per heavy atom.